The molecule has 2 bridgehead atoms. The Morgan fingerprint density at radius 3 is 2.00 bits per heavy atom. The quantitative estimate of drug-likeness (QED) is 0.625. The van der Waals surface area contributed by atoms with Crippen molar-refractivity contribution in [2.45, 2.75) is 40.0 Å². The molecule has 2 aliphatic rings. The molecule has 0 aromatic rings. The van der Waals surface area contributed by atoms with Crippen molar-refractivity contribution in [3.63, 3.8) is 0 Å². The first-order valence-electron chi connectivity index (χ1n) is 4.96. The first-order chi connectivity index (χ1) is 5.98. The van der Waals surface area contributed by atoms with E-state index in [1.807, 2.05) is 0 Å². The Morgan fingerprint density at radius 2 is 1.85 bits per heavy atom. The first kappa shape index (κ1) is 10.7. The van der Waals surface area contributed by atoms with Gasteiger partial charge >= 0.3 is 0 Å². The van der Waals surface area contributed by atoms with Crippen LogP contribution in [-0.2, 0) is 4.79 Å². The van der Waals surface area contributed by atoms with E-state index in [9.17, 15) is 4.79 Å². The summed E-state index contributed by atoms with van der Waals surface area (Å²) in [5.41, 5.74) is 0.307. The maximum atomic E-state index is 11.6. The Labute approximate surface area is 80.3 Å². The molecule has 0 spiro atoms. The van der Waals surface area contributed by atoms with Crippen LogP contribution in [-0.4, -0.2) is 18.0 Å². The van der Waals surface area contributed by atoms with Gasteiger partial charge < -0.3 is 5.11 Å². The van der Waals surface area contributed by atoms with Crippen molar-refractivity contribution >= 4 is 5.78 Å². The fourth-order valence-electron chi connectivity index (χ4n) is 2.90. The van der Waals surface area contributed by atoms with Crippen LogP contribution in [0.4, 0.5) is 0 Å². The lowest BCUT2D eigenvalue weighted by Crippen LogP contribution is -2.32. The molecule has 0 aromatic carbocycles. The van der Waals surface area contributed by atoms with E-state index < -0.39 is 0 Å². The number of aliphatic hydroxyl groups excluding tert-OH is 1. The molecule has 2 nitrogen and oxygen atoms in total. The SMILES string of the molecule is CC12CCC(CC1=O)C2(C)C.CO. The minimum Gasteiger partial charge on any atom is -0.400 e. The molecule has 0 aliphatic heterocycles. The molecule has 1 N–H and O–H groups in total. The predicted molar refractivity (Wildman–Crippen MR) is 52.4 cm³/mol. The number of aliphatic hydroxyl groups is 1. The van der Waals surface area contributed by atoms with Gasteiger partial charge in [-0.15, -0.1) is 0 Å². The summed E-state index contributed by atoms with van der Waals surface area (Å²) in [6.45, 7) is 6.67. The van der Waals surface area contributed by atoms with Gasteiger partial charge in [-0.2, -0.15) is 0 Å². The van der Waals surface area contributed by atoms with E-state index in [0.29, 0.717) is 11.7 Å². The second-order valence-electron chi connectivity index (χ2n) is 4.92. The third-order valence-corrected chi connectivity index (χ3v) is 4.48. The smallest absolute Gasteiger partial charge is 0.139 e. The number of hydrogen-bond acceptors (Lipinski definition) is 2. The van der Waals surface area contributed by atoms with Crippen LogP contribution in [0.25, 0.3) is 0 Å². The van der Waals surface area contributed by atoms with Crippen LogP contribution in [0.15, 0.2) is 0 Å². The van der Waals surface area contributed by atoms with Crippen molar-refractivity contribution in [3.05, 3.63) is 0 Å². The topological polar surface area (TPSA) is 37.3 Å². The van der Waals surface area contributed by atoms with Crippen LogP contribution in [0.3, 0.4) is 0 Å². The highest BCUT2D eigenvalue weighted by molar-refractivity contribution is 5.89. The molecule has 0 heterocycles. The normalized spacial score (nSPS) is 40.1. The van der Waals surface area contributed by atoms with Crippen molar-refractivity contribution in [1.82, 2.24) is 0 Å². The number of hydrogen-bond donors (Lipinski definition) is 1. The van der Waals surface area contributed by atoms with Gasteiger partial charge in [-0.25, -0.2) is 0 Å². The molecular formula is C11H20O2. The minimum atomic E-state index is 0.0255. The Kier molecular flexibility index (Phi) is 2.54. The fourth-order valence-corrected chi connectivity index (χ4v) is 2.90. The van der Waals surface area contributed by atoms with E-state index in [1.54, 1.807) is 0 Å². The molecule has 2 aliphatic carbocycles. The van der Waals surface area contributed by atoms with Gasteiger partial charge in [0.1, 0.15) is 5.78 Å². The van der Waals surface area contributed by atoms with E-state index in [2.05, 4.69) is 20.8 Å². The van der Waals surface area contributed by atoms with Crippen molar-refractivity contribution < 1.29 is 9.90 Å². The number of carbonyl (C=O) groups excluding carboxylic acids is 1. The Balaban J connectivity index is 0.000000396. The molecule has 0 radical (unpaired) electrons. The van der Waals surface area contributed by atoms with Crippen LogP contribution in [0, 0.1) is 16.7 Å². The summed E-state index contributed by atoms with van der Waals surface area (Å²) in [6, 6.07) is 0. The maximum absolute atomic E-state index is 11.6. The molecule has 2 rings (SSSR count). The van der Waals surface area contributed by atoms with Gasteiger partial charge in [0.2, 0.25) is 0 Å². The maximum Gasteiger partial charge on any atom is 0.139 e. The largest absolute Gasteiger partial charge is 0.400 e. The van der Waals surface area contributed by atoms with Crippen molar-refractivity contribution in [2.75, 3.05) is 7.11 Å². The summed E-state index contributed by atoms with van der Waals surface area (Å²) in [7, 11) is 1.00. The monoisotopic (exact) mass is 184 g/mol. The zero-order valence-electron chi connectivity index (χ0n) is 9.05. The molecule has 0 amide bonds. The summed E-state index contributed by atoms with van der Waals surface area (Å²) in [4.78, 5) is 11.6. The van der Waals surface area contributed by atoms with Crippen molar-refractivity contribution in [3.8, 4) is 0 Å². The number of Topliss-reactive ketones (excluding diaryl/α,β-unsaturated/α-hetero) is 1. The van der Waals surface area contributed by atoms with E-state index in [4.69, 9.17) is 5.11 Å². The van der Waals surface area contributed by atoms with Gasteiger partial charge in [0, 0.05) is 18.9 Å². The average Bonchev–Trinajstić information content (AvgIpc) is 2.41. The van der Waals surface area contributed by atoms with E-state index in [0.717, 1.165) is 20.0 Å². The molecule has 2 unspecified atom stereocenters. The molecular weight excluding hydrogens is 164 g/mol. The average molecular weight is 184 g/mol. The van der Waals surface area contributed by atoms with Gasteiger partial charge in [-0.1, -0.05) is 20.8 Å². The number of fused-ring (bicyclic) bond motifs is 2. The molecule has 2 saturated carbocycles. The lowest BCUT2D eigenvalue weighted by atomic mass is 9.70. The molecule has 13 heavy (non-hydrogen) atoms. The first-order valence-corrected chi connectivity index (χ1v) is 4.96. The standard InChI is InChI=1S/C10H16O.CH4O/c1-9(2)7-4-5-10(9,3)8(11)6-7;1-2/h7H,4-6H2,1-3H3;2H,1H3. The van der Waals surface area contributed by atoms with E-state index >= 15 is 0 Å². The van der Waals surface area contributed by atoms with Crippen LogP contribution >= 0.6 is 0 Å². The second-order valence-corrected chi connectivity index (χ2v) is 4.92. The van der Waals surface area contributed by atoms with Crippen LogP contribution in [0.1, 0.15) is 40.0 Å². The van der Waals surface area contributed by atoms with Gasteiger partial charge in [0.15, 0.2) is 0 Å². The van der Waals surface area contributed by atoms with Crippen LogP contribution in [0.5, 0.6) is 0 Å². The molecule has 2 heteroatoms. The van der Waals surface area contributed by atoms with E-state index in [1.165, 1.54) is 6.42 Å². The molecule has 0 saturated heterocycles. The molecule has 76 valence electrons. The highest BCUT2D eigenvalue weighted by atomic mass is 16.2. The lowest BCUT2D eigenvalue weighted by molar-refractivity contribution is -0.128. The van der Waals surface area contributed by atoms with Gasteiger partial charge in [-0.3, -0.25) is 4.79 Å². The fraction of sp³-hybridized carbons (Fsp3) is 0.909. The van der Waals surface area contributed by atoms with Crippen LogP contribution in [0.2, 0.25) is 0 Å². The number of ketones is 1. The third-order valence-electron chi connectivity index (χ3n) is 4.48. The summed E-state index contributed by atoms with van der Waals surface area (Å²) < 4.78 is 0. The molecule has 0 aromatic heterocycles. The summed E-state index contributed by atoms with van der Waals surface area (Å²) >= 11 is 0. The zero-order chi connectivity index (χ0) is 10.3. The zero-order valence-corrected chi connectivity index (χ0v) is 9.05. The number of rotatable bonds is 0. The Hall–Kier alpha value is -0.370. The van der Waals surface area contributed by atoms with Crippen molar-refractivity contribution in [1.29, 1.82) is 0 Å². The summed E-state index contributed by atoms with van der Waals surface area (Å²) in [6.07, 6.45) is 3.25. The highest BCUT2D eigenvalue weighted by Gasteiger charge is 2.61. The van der Waals surface area contributed by atoms with Gasteiger partial charge in [0.05, 0.1) is 0 Å². The number of carbonyl (C=O) groups is 1. The highest BCUT2D eigenvalue weighted by Crippen LogP contribution is 2.63. The second kappa shape index (κ2) is 3.09. The van der Waals surface area contributed by atoms with Crippen molar-refractivity contribution in [2.24, 2.45) is 16.7 Å². The van der Waals surface area contributed by atoms with Gasteiger partial charge in [-0.05, 0) is 24.2 Å². The summed E-state index contributed by atoms with van der Waals surface area (Å²) in [5, 5.41) is 7.00. The third kappa shape index (κ3) is 1.15. The lowest BCUT2D eigenvalue weighted by Gasteiger charge is -2.32. The molecule has 2 fully saturated rings. The Morgan fingerprint density at radius 1 is 1.31 bits per heavy atom. The molecule has 2 atom stereocenters. The Bertz CT molecular complexity index is 220. The van der Waals surface area contributed by atoms with Crippen LogP contribution < -0.4 is 0 Å². The summed E-state index contributed by atoms with van der Waals surface area (Å²) in [5.74, 6) is 1.19. The minimum absolute atomic E-state index is 0.0255. The van der Waals surface area contributed by atoms with E-state index in [-0.39, 0.29) is 10.8 Å². The predicted octanol–water partition coefficient (Wildman–Crippen LogP) is 2.01. The van der Waals surface area contributed by atoms with Gasteiger partial charge in [0.25, 0.3) is 0 Å².